The highest BCUT2D eigenvalue weighted by atomic mass is 32.2. The van der Waals surface area contributed by atoms with E-state index in [9.17, 15) is 13.2 Å². The Morgan fingerprint density at radius 3 is 2.32 bits per heavy atom. The molecule has 0 aliphatic rings. The van der Waals surface area contributed by atoms with Gasteiger partial charge in [0.15, 0.2) is 0 Å². The second-order valence-electron chi connectivity index (χ2n) is 5.08. The van der Waals surface area contributed by atoms with Crippen molar-refractivity contribution < 1.29 is 17.9 Å². The van der Waals surface area contributed by atoms with Crippen molar-refractivity contribution >= 4 is 21.6 Å². The quantitative estimate of drug-likeness (QED) is 0.709. The van der Waals surface area contributed by atoms with Gasteiger partial charge < -0.3 is 10.1 Å². The zero-order chi connectivity index (χ0) is 18.3. The van der Waals surface area contributed by atoms with Gasteiger partial charge in [0.25, 0.3) is 5.91 Å². The lowest BCUT2D eigenvalue weighted by molar-refractivity contribution is 0.102. The fraction of sp³-hybridized carbons (Fsp3) is 0.167. The summed E-state index contributed by atoms with van der Waals surface area (Å²) in [6.45, 7) is 6.07. The van der Waals surface area contributed by atoms with Gasteiger partial charge in [0.2, 0.25) is 10.0 Å². The summed E-state index contributed by atoms with van der Waals surface area (Å²) in [6.07, 6.45) is 1.45. The highest BCUT2D eigenvalue weighted by Crippen LogP contribution is 2.17. The summed E-state index contributed by atoms with van der Waals surface area (Å²) in [5.41, 5.74) is 0.981. The van der Waals surface area contributed by atoms with Gasteiger partial charge in [-0.1, -0.05) is 6.08 Å². The highest BCUT2D eigenvalue weighted by molar-refractivity contribution is 7.89. The first-order valence-corrected chi connectivity index (χ1v) is 9.19. The van der Waals surface area contributed by atoms with E-state index in [1.54, 1.807) is 24.3 Å². The lowest BCUT2D eigenvalue weighted by Gasteiger charge is -2.08. The largest absolute Gasteiger partial charge is 0.494 e. The van der Waals surface area contributed by atoms with Crippen molar-refractivity contribution in [3.63, 3.8) is 0 Å². The minimum absolute atomic E-state index is 0.0898. The predicted octanol–water partition coefficient (Wildman–Crippen LogP) is 2.80. The summed E-state index contributed by atoms with van der Waals surface area (Å²) >= 11 is 0. The molecule has 0 radical (unpaired) electrons. The summed E-state index contributed by atoms with van der Waals surface area (Å²) in [4.78, 5) is 12.3. The first-order valence-electron chi connectivity index (χ1n) is 7.71. The van der Waals surface area contributed by atoms with Gasteiger partial charge in [0.05, 0.1) is 11.5 Å². The summed E-state index contributed by atoms with van der Waals surface area (Å²) in [5, 5.41) is 2.75. The third kappa shape index (κ3) is 5.17. The number of carbonyl (C=O) groups excluding carboxylic acids is 1. The SMILES string of the molecule is C=CCNS(=O)(=O)c1ccc(C(=O)Nc2ccc(OCC)cc2)cc1. The van der Waals surface area contributed by atoms with Crippen LogP contribution in [-0.4, -0.2) is 27.5 Å². The molecule has 25 heavy (non-hydrogen) atoms. The fourth-order valence-electron chi connectivity index (χ4n) is 2.04. The smallest absolute Gasteiger partial charge is 0.255 e. The van der Waals surface area contributed by atoms with Crippen molar-refractivity contribution in [2.75, 3.05) is 18.5 Å². The molecule has 0 fully saturated rings. The number of hydrogen-bond donors (Lipinski definition) is 2. The molecule has 0 unspecified atom stereocenters. The molecule has 132 valence electrons. The van der Waals surface area contributed by atoms with Crippen LogP contribution >= 0.6 is 0 Å². The molecule has 2 aromatic carbocycles. The van der Waals surface area contributed by atoms with Crippen LogP contribution < -0.4 is 14.8 Å². The second-order valence-corrected chi connectivity index (χ2v) is 6.84. The van der Waals surface area contributed by atoms with E-state index in [2.05, 4.69) is 16.6 Å². The fourth-order valence-corrected chi connectivity index (χ4v) is 3.04. The van der Waals surface area contributed by atoms with Crippen molar-refractivity contribution in [1.29, 1.82) is 0 Å². The highest BCUT2D eigenvalue weighted by Gasteiger charge is 2.14. The van der Waals surface area contributed by atoms with Crippen LogP contribution in [0.1, 0.15) is 17.3 Å². The molecule has 0 saturated heterocycles. The van der Waals surface area contributed by atoms with Gasteiger partial charge in [0, 0.05) is 17.8 Å². The van der Waals surface area contributed by atoms with Crippen LogP contribution in [0.15, 0.2) is 66.1 Å². The first kappa shape index (κ1) is 18.7. The van der Waals surface area contributed by atoms with Gasteiger partial charge in [-0.3, -0.25) is 4.79 Å². The van der Waals surface area contributed by atoms with E-state index in [0.717, 1.165) is 5.75 Å². The van der Waals surface area contributed by atoms with Gasteiger partial charge in [0.1, 0.15) is 5.75 Å². The summed E-state index contributed by atoms with van der Waals surface area (Å²) in [7, 11) is -3.60. The zero-order valence-corrected chi connectivity index (χ0v) is 14.7. The third-order valence-electron chi connectivity index (χ3n) is 3.27. The van der Waals surface area contributed by atoms with Crippen molar-refractivity contribution in [2.24, 2.45) is 0 Å². The van der Waals surface area contributed by atoms with E-state index in [1.807, 2.05) is 6.92 Å². The number of benzene rings is 2. The number of nitrogens with one attached hydrogen (secondary N) is 2. The average Bonchev–Trinajstić information content (AvgIpc) is 2.62. The van der Waals surface area contributed by atoms with E-state index in [4.69, 9.17) is 4.74 Å². The van der Waals surface area contributed by atoms with Gasteiger partial charge >= 0.3 is 0 Å². The van der Waals surface area contributed by atoms with Crippen LogP contribution in [0.5, 0.6) is 5.75 Å². The average molecular weight is 360 g/mol. The Labute approximate surface area is 147 Å². The molecule has 0 saturated carbocycles. The lowest BCUT2D eigenvalue weighted by Crippen LogP contribution is -2.23. The van der Waals surface area contributed by atoms with E-state index in [1.165, 1.54) is 30.3 Å². The van der Waals surface area contributed by atoms with Gasteiger partial charge in [-0.05, 0) is 55.5 Å². The standard InChI is InChI=1S/C18H20N2O4S/c1-3-13-19-25(22,23)17-11-5-14(6-12-17)18(21)20-15-7-9-16(10-8-15)24-4-2/h3,5-12,19H,1,4,13H2,2H3,(H,20,21). The number of sulfonamides is 1. The second kappa shape index (κ2) is 8.46. The molecule has 0 bridgehead atoms. The maximum Gasteiger partial charge on any atom is 0.255 e. The van der Waals surface area contributed by atoms with Crippen LogP contribution in [0.2, 0.25) is 0 Å². The van der Waals surface area contributed by atoms with E-state index < -0.39 is 10.0 Å². The molecule has 0 spiro atoms. The van der Waals surface area contributed by atoms with Gasteiger partial charge in [-0.25, -0.2) is 13.1 Å². The number of carbonyl (C=O) groups is 1. The van der Waals surface area contributed by atoms with Crippen molar-refractivity contribution in [3.8, 4) is 5.75 Å². The van der Waals surface area contributed by atoms with E-state index in [0.29, 0.717) is 17.9 Å². The van der Waals surface area contributed by atoms with Gasteiger partial charge in [-0.15, -0.1) is 6.58 Å². The molecule has 7 heteroatoms. The van der Waals surface area contributed by atoms with Gasteiger partial charge in [-0.2, -0.15) is 0 Å². The number of anilines is 1. The number of hydrogen-bond acceptors (Lipinski definition) is 4. The molecule has 0 aliphatic heterocycles. The van der Waals surface area contributed by atoms with Crippen LogP contribution in [0.3, 0.4) is 0 Å². The minimum Gasteiger partial charge on any atom is -0.494 e. The molecule has 0 aromatic heterocycles. The zero-order valence-electron chi connectivity index (χ0n) is 13.9. The molecule has 0 aliphatic carbocycles. The Hall–Kier alpha value is -2.64. The Morgan fingerprint density at radius 1 is 1.12 bits per heavy atom. The van der Waals surface area contributed by atoms with Crippen LogP contribution in [0.25, 0.3) is 0 Å². The van der Waals surface area contributed by atoms with Crippen LogP contribution in [0, 0.1) is 0 Å². The van der Waals surface area contributed by atoms with Crippen LogP contribution in [-0.2, 0) is 10.0 Å². The normalized spacial score (nSPS) is 10.9. The Kier molecular flexibility index (Phi) is 6.32. The third-order valence-corrected chi connectivity index (χ3v) is 4.71. The number of ether oxygens (including phenoxy) is 1. The monoisotopic (exact) mass is 360 g/mol. The predicted molar refractivity (Wildman–Crippen MR) is 97.4 cm³/mol. The maximum atomic E-state index is 12.2. The molecule has 0 heterocycles. The summed E-state index contributed by atoms with van der Waals surface area (Å²) < 4.78 is 31.7. The Morgan fingerprint density at radius 2 is 1.76 bits per heavy atom. The topological polar surface area (TPSA) is 84.5 Å². The Balaban J connectivity index is 2.06. The van der Waals surface area contributed by atoms with Crippen LogP contribution in [0.4, 0.5) is 5.69 Å². The van der Waals surface area contributed by atoms with Crippen molar-refractivity contribution in [1.82, 2.24) is 4.72 Å². The van der Waals surface area contributed by atoms with Crippen molar-refractivity contribution in [3.05, 3.63) is 66.7 Å². The molecule has 0 atom stereocenters. The number of rotatable bonds is 8. The van der Waals surface area contributed by atoms with E-state index >= 15 is 0 Å². The Bertz CT molecular complexity index is 828. The molecular weight excluding hydrogens is 340 g/mol. The molecule has 2 rings (SSSR count). The molecular formula is C18H20N2O4S. The van der Waals surface area contributed by atoms with Crippen molar-refractivity contribution in [2.45, 2.75) is 11.8 Å². The summed E-state index contributed by atoms with van der Waals surface area (Å²) in [6, 6.07) is 12.7. The lowest BCUT2D eigenvalue weighted by atomic mass is 10.2. The molecule has 2 aromatic rings. The number of amides is 1. The molecule has 6 nitrogen and oxygen atoms in total. The molecule has 2 N–H and O–H groups in total. The van der Waals surface area contributed by atoms with E-state index in [-0.39, 0.29) is 17.3 Å². The summed E-state index contributed by atoms with van der Waals surface area (Å²) in [5.74, 6) is 0.397. The maximum absolute atomic E-state index is 12.2. The molecule has 1 amide bonds. The first-order chi connectivity index (χ1) is 12.0. The minimum atomic E-state index is -3.60.